The van der Waals surface area contributed by atoms with E-state index in [1.54, 1.807) is 0 Å². The summed E-state index contributed by atoms with van der Waals surface area (Å²) in [5, 5.41) is 4.75. The van der Waals surface area contributed by atoms with Gasteiger partial charge in [0.25, 0.3) is 0 Å². The summed E-state index contributed by atoms with van der Waals surface area (Å²) in [6.45, 7) is 6.36. The van der Waals surface area contributed by atoms with Gasteiger partial charge < -0.3 is 9.13 Å². The summed E-state index contributed by atoms with van der Waals surface area (Å²) in [5.74, 6) is 1.76. The van der Waals surface area contributed by atoms with Crippen LogP contribution < -0.4 is 0 Å². The minimum atomic E-state index is 0.573. The van der Waals surface area contributed by atoms with E-state index in [0.29, 0.717) is 17.5 Å². The van der Waals surface area contributed by atoms with Gasteiger partial charge in [-0.2, -0.15) is 0 Å². The minimum Gasteiger partial charge on any atom is -0.309 e. The van der Waals surface area contributed by atoms with Gasteiger partial charge in [-0.05, 0) is 89.9 Å². The Morgan fingerprint density at radius 3 is 1.56 bits per heavy atom. The van der Waals surface area contributed by atoms with Gasteiger partial charge >= 0.3 is 0 Å². The highest BCUT2D eigenvalue weighted by Crippen LogP contribution is 2.38. The van der Waals surface area contributed by atoms with Gasteiger partial charge in [0.15, 0.2) is 17.5 Å². The molecule has 0 spiro atoms. The maximum atomic E-state index is 5.24. The average Bonchev–Trinajstić information content (AvgIpc) is 3.87. The largest absolute Gasteiger partial charge is 0.309 e. The quantitative estimate of drug-likeness (QED) is 0.137. The van der Waals surface area contributed by atoms with Crippen molar-refractivity contribution in [2.75, 3.05) is 0 Å². The molecule has 5 nitrogen and oxygen atoms in total. The Hall–Kier alpha value is -8.41. The predicted molar refractivity (Wildman–Crippen MR) is 263 cm³/mol. The second-order valence-electron chi connectivity index (χ2n) is 15.6. The molecule has 0 aliphatic heterocycles. The smallest absolute Gasteiger partial charge is 0.164 e. The zero-order chi connectivity index (χ0) is 42.3. The lowest BCUT2D eigenvalue weighted by Gasteiger charge is -2.13. The highest BCUT2D eigenvalue weighted by molar-refractivity contribution is 6.12. The van der Waals surface area contributed by atoms with Crippen LogP contribution in [0.25, 0.3) is 106 Å². The molecule has 298 valence electrons. The standard InChI is InChI=1S/C58H41N5/c1-3-39(35-46(4-2)62-52-29-16-14-27-48(52)50-37-43(31-33-54(50)62)40-19-8-5-9-20-40)56-59-57(42-23-12-7-13-24-42)61-58(60-56)45-25-18-26-47(36-45)63-53-30-17-15-28-49(53)51-38-44(32-34-55(51)63)41-21-10-6-11-22-41/h3-38H,2H2,1H3/b39-3+,46-35+. The molecule has 5 heteroatoms. The summed E-state index contributed by atoms with van der Waals surface area (Å²) in [5.41, 5.74) is 13.8. The first-order chi connectivity index (χ1) is 31.1. The molecular formula is C58H41N5. The van der Waals surface area contributed by atoms with Crippen molar-refractivity contribution in [2.24, 2.45) is 0 Å². The summed E-state index contributed by atoms with van der Waals surface area (Å²) in [6.07, 6.45) is 6.12. The van der Waals surface area contributed by atoms with Gasteiger partial charge in [-0.25, -0.2) is 15.0 Å². The number of nitrogens with zero attached hydrogens (tertiary/aromatic N) is 5. The number of aromatic nitrogens is 5. The SMILES string of the molecule is C=C/C(=C\C(=C/C)c1nc(-c2ccccc2)nc(-c2cccc(-n3c4ccccc4c4cc(-c5ccccc5)ccc43)c2)n1)n1c2ccccc2c2cc(-c3ccccc3)ccc21. The lowest BCUT2D eigenvalue weighted by Crippen LogP contribution is -2.04. The van der Waals surface area contributed by atoms with E-state index in [9.17, 15) is 0 Å². The highest BCUT2D eigenvalue weighted by Gasteiger charge is 2.19. The molecule has 0 aliphatic carbocycles. The summed E-state index contributed by atoms with van der Waals surface area (Å²) in [7, 11) is 0. The number of fused-ring (bicyclic) bond motifs is 6. The van der Waals surface area contributed by atoms with Gasteiger partial charge in [-0.15, -0.1) is 0 Å². The Bertz CT molecular complexity index is 3580. The van der Waals surface area contributed by atoms with Crippen molar-refractivity contribution >= 4 is 54.9 Å². The molecule has 8 aromatic carbocycles. The molecule has 0 atom stereocenters. The van der Waals surface area contributed by atoms with Crippen LogP contribution in [-0.4, -0.2) is 24.1 Å². The van der Waals surface area contributed by atoms with Crippen molar-refractivity contribution in [3.05, 3.63) is 231 Å². The van der Waals surface area contributed by atoms with E-state index in [4.69, 9.17) is 15.0 Å². The molecule has 11 rings (SSSR count). The third kappa shape index (κ3) is 6.73. The first-order valence-corrected chi connectivity index (χ1v) is 21.3. The molecule has 0 saturated heterocycles. The van der Waals surface area contributed by atoms with E-state index in [2.05, 4.69) is 198 Å². The van der Waals surface area contributed by atoms with Crippen LogP contribution in [-0.2, 0) is 0 Å². The van der Waals surface area contributed by atoms with Gasteiger partial charge in [0, 0.05) is 49.6 Å². The fraction of sp³-hybridized carbons (Fsp3) is 0.0172. The molecule has 11 aromatic rings. The van der Waals surface area contributed by atoms with Crippen molar-refractivity contribution in [1.82, 2.24) is 24.1 Å². The third-order valence-electron chi connectivity index (χ3n) is 11.9. The van der Waals surface area contributed by atoms with Crippen LogP contribution in [0.2, 0.25) is 0 Å². The maximum Gasteiger partial charge on any atom is 0.164 e. The van der Waals surface area contributed by atoms with Gasteiger partial charge in [0.1, 0.15) is 0 Å². The Balaban J connectivity index is 1.05. The first kappa shape index (κ1) is 37.6. The fourth-order valence-electron chi connectivity index (χ4n) is 8.91. The molecule has 0 radical (unpaired) electrons. The third-order valence-corrected chi connectivity index (χ3v) is 11.9. The van der Waals surface area contributed by atoms with Crippen molar-refractivity contribution in [3.63, 3.8) is 0 Å². The number of para-hydroxylation sites is 2. The molecular weight excluding hydrogens is 767 g/mol. The lowest BCUT2D eigenvalue weighted by molar-refractivity contribution is 1.03. The second-order valence-corrected chi connectivity index (χ2v) is 15.6. The molecule has 3 heterocycles. The topological polar surface area (TPSA) is 48.5 Å². The van der Waals surface area contributed by atoms with Crippen molar-refractivity contribution in [3.8, 4) is 50.7 Å². The van der Waals surface area contributed by atoms with Crippen LogP contribution in [0.4, 0.5) is 0 Å². The maximum absolute atomic E-state index is 5.24. The minimum absolute atomic E-state index is 0.573. The van der Waals surface area contributed by atoms with E-state index in [1.807, 2.05) is 43.3 Å². The normalized spacial score (nSPS) is 12.1. The lowest BCUT2D eigenvalue weighted by atomic mass is 10.0. The van der Waals surface area contributed by atoms with Gasteiger partial charge in [-0.3, -0.25) is 0 Å². The Morgan fingerprint density at radius 1 is 0.429 bits per heavy atom. The summed E-state index contributed by atoms with van der Waals surface area (Å²) < 4.78 is 4.63. The van der Waals surface area contributed by atoms with Crippen LogP contribution in [0.15, 0.2) is 225 Å². The Kier molecular flexibility index (Phi) is 9.48. The zero-order valence-corrected chi connectivity index (χ0v) is 34.7. The van der Waals surface area contributed by atoms with Crippen LogP contribution in [0.1, 0.15) is 12.7 Å². The number of hydrogen-bond donors (Lipinski definition) is 0. The second kappa shape index (κ2) is 15.9. The van der Waals surface area contributed by atoms with E-state index in [-0.39, 0.29) is 0 Å². The average molecular weight is 808 g/mol. The number of allylic oxidation sites excluding steroid dienone is 5. The fourth-order valence-corrected chi connectivity index (χ4v) is 8.91. The number of benzene rings is 8. The van der Waals surface area contributed by atoms with Crippen LogP contribution in [0, 0.1) is 0 Å². The zero-order valence-electron chi connectivity index (χ0n) is 34.7. The van der Waals surface area contributed by atoms with E-state index in [0.717, 1.165) is 50.2 Å². The Morgan fingerprint density at radius 2 is 0.921 bits per heavy atom. The predicted octanol–water partition coefficient (Wildman–Crippen LogP) is 14.9. The Labute approximate surface area is 365 Å². The monoisotopic (exact) mass is 807 g/mol. The molecule has 0 N–H and O–H groups in total. The molecule has 0 amide bonds. The van der Waals surface area contributed by atoms with E-state index >= 15 is 0 Å². The highest BCUT2D eigenvalue weighted by atomic mass is 15.0. The molecule has 0 bridgehead atoms. The van der Waals surface area contributed by atoms with Crippen molar-refractivity contribution < 1.29 is 0 Å². The molecule has 3 aromatic heterocycles. The van der Waals surface area contributed by atoms with E-state index in [1.165, 1.54) is 43.8 Å². The molecule has 0 aliphatic rings. The molecule has 63 heavy (non-hydrogen) atoms. The van der Waals surface area contributed by atoms with Crippen molar-refractivity contribution in [2.45, 2.75) is 6.92 Å². The summed E-state index contributed by atoms with van der Waals surface area (Å²) >= 11 is 0. The number of hydrogen-bond acceptors (Lipinski definition) is 3. The van der Waals surface area contributed by atoms with Gasteiger partial charge in [0.2, 0.25) is 0 Å². The van der Waals surface area contributed by atoms with Crippen molar-refractivity contribution in [1.29, 1.82) is 0 Å². The van der Waals surface area contributed by atoms with Crippen LogP contribution >= 0.6 is 0 Å². The summed E-state index contributed by atoms with van der Waals surface area (Å²) in [6, 6.07) is 70.4. The van der Waals surface area contributed by atoms with Gasteiger partial charge in [-0.1, -0.05) is 164 Å². The molecule has 0 unspecified atom stereocenters. The first-order valence-electron chi connectivity index (χ1n) is 21.3. The van der Waals surface area contributed by atoms with E-state index < -0.39 is 0 Å². The molecule has 0 fully saturated rings. The van der Waals surface area contributed by atoms with Crippen LogP contribution in [0.5, 0.6) is 0 Å². The molecule has 0 saturated carbocycles. The summed E-state index contributed by atoms with van der Waals surface area (Å²) in [4.78, 5) is 15.5. The number of rotatable bonds is 9. The van der Waals surface area contributed by atoms with Gasteiger partial charge in [0.05, 0.1) is 22.1 Å². The van der Waals surface area contributed by atoms with Crippen LogP contribution in [0.3, 0.4) is 0 Å².